The van der Waals surface area contributed by atoms with Crippen LogP contribution in [0.2, 0.25) is 19.6 Å². The Hall–Kier alpha value is -0.0431. The van der Waals surface area contributed by atoms with Gasteiger partial charge in [-0.2, -0.15) is 0 Å². The van der Waals surface area contributed by atoms with Gasteiger partial charge in [-0.1, -0.05) is 44.3 Å². The van der Waals surface area contributed by atoms with Crippen molar-refractivity contribution in [2.75, 3.05) is 0 Å². The van der Waals surface area contributed by atoms with Crippen molar-refractivity contribution < 1.29 is 0 Å². The fraction of sp³-hybridized carbons (Fsp3) is 0.818. The minimum Gasteiger partial charge on any atom is -0.0955 e. The average Bonchev–Trinajstić information content (AvgIpc) is 1.91. The predicted molar refractivity (Wildman–Crippen MR) is 59.1 cm³/mol. The lowest BCUT2D eigenvalue weighted by Gasteiger charge is -2.24. The molecule has 1 aliphatic rings. The van der Waals surface area contributed by atoms with Crippen LogP contribution in [0.5, 0.6) is 0 Å². The molecular formula is C11H22Si. The molecule has 0 saturated heterocycles. The minimum absolute atomic E-state index is 0.880. The maximum absolute atomic E-state index is 2.62. The molecule has 0 radical (unpaired) electrons. The molecule has 1 heteroatoms. The summed E-state index contributed by atoms with van der Waals surface area (Å²) in [5.41, 5.74) is 4.39. The molecule has 0 aromatic rings. The first-order valence-electron chi connectivity index (χ1n) is 5.21. The van der Waals surface area contributed by atoms with Gasteiger partial charge >= 0.3 is 0 Å². The topological polar surface area (TPSA) is 0 Å². The van der Waals surface area contributed by atoms with Gasteiger partial charge in [0.25, 0.3) is 0 Å². The van der Waals surface area contributed by atoms with Crippen molar-refractivity contribution in [1.82, 2.24) is 0 Å². The zero-order valence-corrected chi connectivity index (χ0v) is 9.98. The van der Waals surface area contributed by atoms with Gasteiger partial charge in [0.15, 0.2) is 0 Å². The Bertz CT molecular complexity index is 174. The van der Waals surface area contributed by atoms with Crippen molar-refractivity contribution in [1.29, 1.82) is 0 Å². The predicted octanol–water partition coefficient (Wildman–Crippen LogP) is 4.00. The van der Waals surface area contributed by atoms with E-state index in [9.17, 15) is 0 Å². The fourth-order valence-electron chi connectivity index (χ4n) is 1.98. The van der Waals surface area contributed by atoms with Crippen molar-refractivity contribution in [3.05, 3.63) is 11.3 Å². The molecule has 0 heterocycles. The first-order chi connectivity index (χ1) is 5.49. The molecule has 0 amide bonds. The van der Waals surface area contributed by atoms with Crippen LogP contribution in [-0.4, -0.2) is 8.07 Å². The van der Waals surface area contributed by atoms with Crippen LogP contribution < -0.4 is 0 Å². The standard InChI is InChI=1S/C11H22Si/c1-10-7-5-6-8-11(10)9-12(2,3)4/h9-10H,5-8H2,1-4H3/b11-9+. The van der Waals surface area contributed by atoms with Gasteiger partial charge < -0.3 is 0 Å². The zero-order valence-electron chi connectivity index (χ0n) is 8.98. The second-order valence-corrected chi connectivity index (χ2v) is 10.3. The lowest BCUT2D eigenvalue weighted by atomic mass is 9.87. The van der Waals surface area contributed by atoms with Crippen LogP contribution in [-0.2, 0) is 0 Å². The lowest BCUT2D eigenvalue weighted by Crippen LogP contribution is -2.19. The Kier molecular flexibility index (Phi) is 3.16. The van der Waals surface area contributed by atoms with E-state index in [1.807, 2.05) is 0 Å². The Labute approximate surface area is 78.1 Å². The molecule has 1 fully saturated rings. The maximum Gasteiger partial charge on any atom is 0.0686 e. The molecule has 0 aromatic heterocycles. The second-order valence-electron chi connectivity index (χ2n) is 5.23. The molecule has 1 aliphatic carbocycles. The van der Waals surface area contributed by atoms with E-state index >= 15 is 0 Å². The van der Waals surface area contributed by atoms with Crippen LogP contribution in [0, 0.1) is 5.92 Å². The molecule has 0 aliphatic heterocycles. The summed E-state index contributed by atoms with van der Waals surface area (Å²) in [4.78, 5) is 0. The average molecular weight is 182 g/mol. The van der Waals surface area contributed by atoms with Gasteiger partial charge in [0.05, 0.1) is 8.07 Å². The Morgan fingerprint density at radius 2 is 1.92 bits per heavy atom. The van der Waals surface area contributed by atoms with E-state index in [1.165, 1.54) is 25.7 Å². The SMILES string of the molecule is CC1CCCC/C1=C\[Si](C)(C)C. The third kappa shape index (κ3) is 3.14. The van der Waals surface area contributed by atoms with Crippen LogP contribution in [0.25, 0.3) is 0 Å². The zero-order chi connectivity index (χ0) is 9.19. The quantitative estimate of drug-likeness (QED) is 0.538. The Morgan fingerprint density at radius 3 is 2.42 bits per heavy atom. The number of allylic oxidation sites excluding steroid dienone is 1. The van der Waals surface area contributed by atoms with E-state index in [0.29, 0.717) is 0 Å². The Balaban J connectivity index is 2.65. The second kappa shape index (κ2) is 3.78. The highest BCUT2D eigenvalue weighted by atomic mass is 28.3. The van der Waals surface area contributed by atoms with Gasteiger partial charge in [0.2, 0.25) is 0 Å². The monoisotopic (exact) mass is 182 g/mol. The summed E-state index contributed by atoms with van der Waals surface area (Å²) in [5.74, 6) is 0.880. The highest BCUT2D eigenvalue weighted by Crippen LogP contribution is 2.30. The van der Waals surface area contributed by atoms with E-state index < -0.39 is 8.07 Å². The number of rotatable bonds is 1. The molecule has 1 rings (SSSR count). The molecule has 70 valence electrons. The van der Waals surface area contributed by atoms with Gasteiger partial charge in [0, 0.05) is 0 Å². The van der Waals surface area contributed by atoms with Gasteiger partial charge in [-0.05, 0) is 25.2 Å². The van der Waals surface area contributed by atoms with Crippen LogP contribution >= 0.6 is 0 Å². The van der Waals surface area contributed by atoms with E-state index in [-0.39, 0.29) is 0 Å². The summed E-state index contributed by atoms with van der Waals surface area (Å²) in [5, 5.41) is 0. The molecule has 1 saturated carbocycles. The first-order valence-corrected chi connectivity index (χ1v) is 8.78. The molecule has 12 heavy (non-hydrogen) atoms. The van der Waals surface area contributed by atoms with Crippen molar-refractivity contribution >= 4 is 8.07 Å². The van der Waals surface area contributed by atoms with Crippen molar-refractivity contribution in [2.45, 2.75) is 52.2 Å². The van der Waals surface area contributed by atoms with Crippen LogP contribution in [0.3, 0.4) is 0 Å². The number of hydrogen-bond acceptors (Lipinski definition) is 0. The Morgan fingerprint density at radius 1 is 1.25 bits per heavy atom. The minimum atomic E-state index is -0.948. The highest BCUT2D eigenvalue weighted by molar-refractivity contribution is 6.81. The summed E-state index contributed by atoms with van der Waals surface area (Å²) in [6.07, 6.45) is 5.69. The van der Waals surface area contributed by atoms with Crippen molar-refractivity contribution in [2.24, 2.45) is 5.92 Å². The van der Waals surface area contributed by atoms with Gasteiger partial charge in [0.1, 0.15) is 0 Å². The summed E-state index contributed by atoms with van der Waals surface area (Å²) in [7, 11) is -0.948. The largest absolute Gasteiger partial charge is 0.0955 e. The summed E-state index contributed by atoms with van der Waals surface area (Å²) < 4.78 is 0. The fourth-order valence-corrected chi connectivity index (χ4v) is 3.52. The summed E-state index contributed by atoms with van der Waals surface area (Å²) in [6.45, 7) is 9.69. The van der Waals surface area contributed by atoms with Crippen molar-refractivity contribution in [3.63, 3.8) is 0 Å². The molecule has 1 atom stereocenters. The molecule has 1 unspecified atom stereocenters. The molecule has 0 bridgehead atoms. The molecule has 0 aromatic carbocycles. The lowest BCUT2D eigenvalue weighted by molar-refractivity contribution is 0.484. The van der Waals surface area contributed by atoms with E-state index in [0.717, 1.165) is 5.92 Å². The number of hydrogen-bond donors (Lipinski definition) is 0. The maximum atomic E-state index is 2.62. The molecule has 0 N–H and O–H groups in total. The first kappa shape index (κ1) is 10.0. The van der Waals surface area contributed by atoms with Crippen LogP contribution in [0.4, 0.5) is 0 Å². The van der Waals surface area contributed by atoms with E-state index in [4.69, 9.17) is 0 Å². The van der Waals surface area contributed by atoms with Gasteiger partial charge in [-0.25, -0.2) is 0 Å². The third-order valence-electron chi connectivity index (χ3n) is 2.60. The third-order valence-corrected chi connectivity index (χ3v) is 3.84. The summed E-state index contributed by atoms with van der Waals surface area (Å²) in [6, 6.07) is 0. The molecule has 0 nitrogen and oxygen atoms in total. The van der Waals surface area contributed by atoms with Gasteiger partial charge in [-0.15, -0.1) is 0 Å². The smallest absolute Gasteiger partial charge is 0.0686 e. The normalized spacial score (nSPS) is 29.3. The van der Waals surface area contributed by atoms with Crippen LogP contribution in [0.15, 0.2) is 11.3 Å². The van der Waals surface area contributed by atoms with Crippen LogP contribution in [0.1, 0.15) is 32.6 Å². The van der Waals surface area contributed by atoms with E-state index in [1.54, 1.807) is 5.57 Å². The highest BCUT2D eigenvalue weighted by Gasteiger charge is 2.17. The summed E-state index contributed by atoms with van der Waals surface area (Å²) >= 11 is 0. The van der Waals surface area contributed by atoms with Crippen molar-refractivity contribution in [3.8, 4) is 0 Å². The molecular weight excluding hydrogens is 160 g/mol. The van der Waals surface area contributed by atoms with E-state index in [2.05, 4.69) is 32.3 Å². The molecule has 0 spiro atoms. The van der Waals surface area contributed by atoms with Gasteiger partial charge in [-0.3, -0.25) is 0 Å².